The van der Waals surface area contributed by atoms with Crippen molar-refractivity contribution in [2.45, 2.75) is 51.5 Å². The third-order valence-electron chi connectivity index (χ3n) is 1.83. The molecule has 80 valence electrons. The molecule has 5 unspecified atom stereocenters. The van der Waals surface area contributed by atoms with E-state index in [9.17, 15) is 0 Å². The van der Waals surface area contributed by atoms with Gasteiger partial charge in [-0.15, -0.1) is 0 Å². The second kappa shape index (κ2) is 5.51. The molecule has 1 saturated heterocycles. The molecule has 1 aliphatic heterocycles. The molecule has 5 atom stereocenters. The second-order valence-electron chi connectivity index (χ2n) is 2.70. The number of hydrogen-bond donors (Lipinski definition) is 4. The van der Waals surface area contributed by atoms with E-state index in [0.717, 1.165) is 0 Å². The first-order chi connectivity index (χ1) is 6.04. The van der Waals surface area contributed by atoms with Crippen LogP contribution in [0.3, 0.4) is 0 Å². The molecule has 0 aromatic heterocycles. The summed E-state index contributed by atoms with van der Waals surface area (Å²) < 4.78 is 4.68. The van der Waals surface area contributed by atoms with Crippen LogP contribution in [0.1, 0.15) is 20.8 Å². The molecule has 0 aliphatic carbocycles. The summed E-state index contributed by atoms with van der Waals surface area (Å²) in [5.74, 6) is 0. The number of hydrogen-bond acceptors (Lipinski definition) is 5. The van der Waals surface area contributed by atoms with E-state index in [1.807, 2.05) is 13.8 Å². The van der Waals surface area contributed by atoms with E-state index in [4.69, 9.17) is 20.4 Å². The van der Waals surface area contributed by atoms with Gasteiger partial charge < -0.3 is 25.2 Å². The van der Waals surface area contributed by atoms with Crippen LogP contribution >= 0.6 is 0 Å². The molecule has 0 radical (unpaired) electrons. The van der Waals surface area contributed by atoms with Gasteiger partial charge >= 0.3 is 0 Å². The van der Waals surface area contributed by atoms with Crippen molar-refractivity contribution in [3.05, 3.63) is 0 Å². The average molecular weight is 194 g/mol. The lowest BCUT2D eigenvalue weighted by molar-refractivity contribution is -0.277. The second-order valence-corrected chi connectivity index (χ2v) is 2.70. The largest absolute Gasteiger partial charge is 0.388 e. The van der Waals surface area contributed by atoms with Crippen molar-refractivity contribution >= 4 is 0 Å². The van der Waals surface area contributed by atoms with Crippen LogP contribution in [0.5, 0.6) is 0 Å². The lowest BCUT2D eigenvalue weighted by Gasteiger charge is -2.36. The number of ether oxygens (including phenoxy) is 1. The Morgan fingerprint density at radius 2 is 1.31 bits per heavy atom. The Morgan fingerprint density at radius 3 is 1.77 bits per heavy atom. The van der Waals surface area contributed by atoms with Crippen LogP contribution in [0, 0.1) is 0 Å². The van der Waals surface area contributed by atoms with Crippen LogP contribution < -0.4 is 0 Å². The van der Waals surface area contributed by atoms with Crippen molar-refractivity contribution in [1.29, 1.82) is 0 Å². The topological polar surface area (TPSA) is 90.2 Å². The molecule has 1 aliphatic rings. The summed E-state index contributed by atoms with van der Waals surface area (Å²) in [6.07, 6.45) is -5.99. The molecule has 13 heavy (non-hydrogen) atoms. The van der Waals surface area contributed by atoms with Gasteiger partial charge in [0.1, 0.15) is 18.3 Å². The fraction of sp³-hybridized carbons (Fsp3) is 1.00. The Hall–Kier alpha value is -0.200. The zero-order chi connectivity index (χ0) is 10.6. The van der Waals surface area contributed by atoms with Gasteiger partial charge in [0.2, 0.25) is 0 Å². The summed E-state index contributed by atoms with van der Waals surface area (Å²) in [4.78, 5) is 0. The van der Waals surface area contributed by atoms with Crippen molar-refractivity contribution in [3.63, 3.8) is 0 Å². The van der Waals surface area contributed by atoms with Gasteiger partial charge in [0.25, 0.3) is 0 Å². The molecule has 0 aromatic carbocycles. The number of aliphatic hydroxyl groups is 4. The average Bonchev–Trinajstić information content (AvgIpc) is 2.15. The van der Waals surface area contributed by atoms with Crippen LogP contribution in [0.25, 0.3) is 0 Å². The van der Waals surface area contributed by atoms with Gasteiger partial charge in [-0.2, -0.15) is 0 Å². The van der Waals surface area contributed by atoms with Gasteiger partial charge in [-0.25, -0.2) is 0 Å². The molecule has 1 rings (SSSR count). The molecule has 1 fully saturated rings. The van der Waals surface area contributed by atoms with Crippen molar-refractivity contribution in [3.8, 4) is 0 Å². The first kappa shape index (κ1) is 12.8. The normalized spacial score (nSPS) is 45.0. The third kappa shape index (κ3) is 2.89. The van der Waals surface area contributed by atoms with Gasteiger partial charge in [-0.1, -0.05) is 13.8 Å². The summed E-state index contributed by atoms with van der Waals surface area (Å²) in [6, 6.07) is 0. The van der Waals surface area contributed by atoms with Gasteiger partial charge in [-0.3, -0.25) is 0 Å². The summed E-state index contributed by atoms with van der Waals surface area (Å²) in [5.41, 5.74) is 0. The quantitative estimate of drug-likeness (QED) is 0.390. The van der Waals surface area contributed by atoms with Crippen LogP contribution in [-0.2, 0) is 4.74 Å². The Kier molecular flexibility index (Phi) is 5.43. The SMILES string of the molecule is CC.CC1OC(O)C(O)C(O)C1O. The molecule has 0 bridgehead atoms. The Labute approximate surface area is 77.6 Å². The highest BCUT2D eigenvalue weighted by Crippen LogP contribution is 2.18. The predicted molar refractivity (Wildman–Crippen MR) is 45.9 cm³/mol. The van der Waals surface area contributed by atoms with E-state index in [2.05, 4.69) is 4.74 Å². The van der Waals surface area contributed by atoms with Crippen LogP contribution in [-0.4, -0.2) is 51.1 Å². The lowest BCUT2D eigenvalue weighted by Crippen LogP contribution is -2.56. The number of aliphatic hydroxyl groups excluding tert-OH is 4. The molecule has 1 heterocycles. The summed E-state index contributed by atoms with van der Waals surface area (Å²) >= 11 is 0. The van der Waals surface area contributed by atoms with Gasteiger partial charge in [0, 0.05) is 0 Å². The van der Waals surface area contributed by atoms with E-state index in [1.54, 1.807) is 0 Å². The maximum Gasteiger partial charge on any atom is 0.183 e. The molecule has 5 heteroatoms. The highest BCUT2D eigenvalue weighted by molar-refractivity contribution is 4.86. The van der Waals surface area contributed by atoms with Crippen LogP contribution in [0.4, 0.5) is 0 Å². The lowest BCUT2D eigenvalue weighted by atomic mass is 10.0. The first-order valence-electron chi connectivity index (χ1n) is 4.41. The fourth-order valence-electron chi connectivity index (χ4n) is 1.03. The summed E-state index contributed by atoms with van der Waals surface area (Å²) in [5, 5.41) is 36.0. The maximum atomic E-state index is 9.09. The molecule has 0 amide bonds. The molecule has 0 spiro atoms. The van der Waals surface area contributed by atoms with Gasteiger partial charge in [0.15, 0.2) is 6.29 Å². The smallest absolute Gasteiger partial charge is 0.183 e. The molecular formula is C8H18O5. The third-order valence-corrected chi connectivity index (χ3v) is 1.83. The van der Waals surface area contributed by atoms with E-state index in [0.29, 0.717) is 0 Å². The zero-order valence-electron chi connectivity index (χ0n) is 8.08. The van der Waals surface area contributed by atoms with Gasteiger partial charge in [0.05, 0.1) is 6.10 Å². The minimum atomic E-state index is -1.43. The van der Waals surface area contributed by atoms with E-state index in [-0.39, 0.29) is 0 Å². The highest BCUT2D eigenvalue weighted by atomic mass is 16.6. The first-order valence-corrected chi connectivity index (χ1v) is 4.41. The van der Waals surface area contributed by atoms with Crippen molar-refractivity contribution in [1.82, 2.24) is 0 Å². The zero-order valence-corrected chi connectivity index (χ0v) is 8.08. The molecule has 0 saturated carbocycles. The molecule has 0 aromatic rings. The highest BCUT2D eigenvalue weighted by Gasteiger charge is 2.40. The fourth-order valence-corrected chi connectivity index (χ4v) is 1.03. The predicted octanol–water partition coefficient (Wildman–Crippen LogP) is -1.17. The monoisotopic (exact) mass is 194 g/mol. The summed E-state index contributed by atoms with van der Waals surface area (Å²) in [7, 11) is 0. The van der Waals surface area contributed by atoms with Crippen molar-refractivity contribution in [2.75, 3.05) is 0 Å². The van der Waals surface area contributed by atoms with Gasteiger partial charge in [-0.05, 0) is 6.92 Å². The van der Waals surface area contributed by atoms with E-state index >= 15 is 0 Å². The summed E-state index contributed by atoms with van der Waals surface area (Å²) in [6.45, 7) is 5.50. The van der Waals surface area contributed by atoms with Crippen LogP contribution in [0.2, 0.25) is 0 Å². The van der Waals surface area contributed by atoms with E-state index in [1.165, 1.54) is 6.92 Å². The standard InChI is InChI=1S/C6H12O5.C2H6/c1-2-3(7)4(8)5(9)6(10)11-2;1-2/h2-10H,1H3;1-2H3. The van der Waals surface area contributed by atoms with Crippen molar-refractivity contribution in [2.24, 2.45) is 0 Å². The number of rotatable bonds is 0. The van der Waals surface area contributed by atoms with E-state index < -0.39 is 30.7 Å². The maximum absolute atomic E-state index is 9.09. The minimum absolute atomic E-state index is 0.664. The minimum Gasteiger partial charge on any atom is -0.388 e. The molecule has 5 nitrogen and oxygen atoms in total. The molecular weight excluding hydrogens is 176 g/mol. The van der Waals surface area contributed by atoms with Crippen LogP contribution in [0.15, 0.2) is 0 Å². The van der Waals surface area contributed by atoms with Crippen molar-refractivity contribution < 1.29 is 25.2 Å². The Morgan fingerprint density at radius 1 is 0.846 bits per heavy atom. The molecule has 4 N–H and O–H groups in total. The Balaban J connectivity index is 0.000000671. The Bertz CT molecular complexity index is 126.